The van der Waals surface area contributed by atoms with Crippen molar-refractivity contribution in [3.63, 3.8) is 0 Å². The van der Waals surface area contributed by atoms with Crippen molar-refractivity contribution in [1.29, 1.82) is 0 Å². The average molecular weight is 496 g/mol. The van der Waals surface area contributed by atoms with Gasteiger partial charge in [0.2, 0.25) is 0 Å². The first-order valence-electron chi connectivity index (χ1n) is 9.73. The van der Waals surface area contributed by atoms with Crippen LogP contribution in [0.25, 0.3) is 0 Å². The van der Waals surface area contributed by atoms with Gasteiger partial charge in [0.25, 0.3) is 0 Å². The highest BCUT2D eigenvalue weighted by Crippen LogP contribution is 2.79. The van der Waals surface area contributed by atoms with Crippen LogP contribution in [0.4, 0.5) is 0 Å². The number of fused-ring (bicyclic) bond motifs is 3. The Hall–Kier alpha value is -2.76. The molecular weight excluding hydrogens is 480 g/mol. The average Bonchev–Trinajstić information content (AvgIpc) is 3.37. The molecule has 1 saturated carbocycles. The lowest BCUT2D eigenvalue weighted by Crippen LogP contribution is -2.39. The zero-order chi connectivity index (χ0) is 22.0. The summed E-state index contributed by atoms with van der Waals surface area (Å²) in [4.78, 5) is 41.0. The van der Waals surface area contributed by atoms with E-state index in [1.807, 2.05) is 6.07 Å². The fourth-order valence-electron chi connectivity index (χ4n) is 5.00. The molecule has 0 bridgehead atoms. The first-order chi connectivity index (χ1) is 14.8. The largest absolute Gasteiger partial charge is 0.425 e. The number of ketones is 2. The Morgan fingerprint density at radius 3 is 2.26 bits per heavy atom. The van der Waals surface area contributed by atoms with Crippen LogP contribution in [-0.4, -0.2) is 17.5 Å². The molecule has 0 unspecified atom stereocenters. The molecule has 0 saturated heterocycles. The van der Waals surface area contributed by atoms with Gasteiger partial charge in [0, 0.05) is 32.1 Å². The van der Waals surface area contributed by atoms with Gasteiger partial charge in [-0.25, -0.2) is 0 Å². The van der Waals surface area contributed by atoms with E-state index in [2.05, 4.69) is 15.9 Å². The number of rotatable bonds is 4. The van der Waals surface area contributed by atoms with E-state index in [9.17, 15) is 14.4 Å². The Bertz CT molecular complexity index is 1250. The number of carbonyl (C=O) groups excluding carboxylic acids is 3. The van der Waals surface area contributed by atoms with Gasteiger partial charge in [0.05, 0.1) is 5.41 Å². The van der Waals surface area contributed by atoms with Crippen LogP contribution in [0.2, 0.25) is 5.02 Å². The molecule has 5 rings (SSSR count). The Morgan fingerprint density at radius 2 is 1.58 bits per heavy atom. The first kappa shape index (κ1) is 20.2. The van der Waals surface area contributed by atoms with Crippen LogP contribution in [0.5, 0.6) is 5.75 Å². The van der Waals surface area contributed by atoms with Crippen LogP contribution in [0.3, 0.4) is 0 Å². The molecule has 6 heteroatoms. The minimum Gasteiger partial charge on any atom is -0.425 e. The molecule has 3 aromatic rings. The molecule has 1 fully saturated rings. The third-order valence-electron chi connectivity index (χ3n) is 6.53. The van der Waals surface area contributed by atoms with Gasteiger partial charge in [-0.15, -0.1) is 0 Å². The molecule has 0 radical (unpaired) electrons. The maximum absolute atomic E-state index is 13.8. The zero-order valence-electron chi connectivity index (χ0n) is 16.4. The third-order valence-corrected chi connectivity index (χ3v) is 7.27. The second-order valence-electron chi connectivity index (χ2n) is 8.05. The Labute approximate surface area is 192 Å². The summed E-state index contributed by atoms with van der Waals surface area (Å²) in [6.07, 6.45) is 0. The maximum atomic E-state index is 13.8. The Kier molecular flexibility index (Phi) is 4.47. The van der Waals surface area contributed by atoms with E-state index in [1.54, 1.807) is 73.7 Å². The molecule has 2 aliphatic rings. The quantitative estimate of drug-likeness (QED) is 0.196. The van der Waals surface area contributed by atoms with E-state index in [-0.39, 0.29) is 5.78 Å². The molecule has 3 atom stereocenters. The maximum Gasteiger partial charge on any atom is 0.327 e. The van der Waals surface area contributed by atoms with Gasteiger partial charge < -0.3 is 4.74 Å². The number of benzene rings is 3. The summed E-state index contributed by atoms with van der Waals surface area (Å²) in [5.74, 6) is -1.64. The van der Waals surface area contributed by atoms with Crippen molar-refractivity contribution in [2.24, 2.45) is 10.8 Å². The van der Waals surface area contributed by atoms with Gasteiger partial charge >= 0.3 is 5.97 Å². The van der Waals surface area contributed by atoms with Crippen LogP contribution >= 0.6 is 27.5 Å². The monoisotopic (exact) mass is 494 g/mol. The van der Waals surface area contributed by atoms with Crippen LogP contribution < -0.4 is 4.74 Å². The van der Waals surface area contributed by atoms with Crippen LogP contribution in [0.15, 0.2) is 77.3 Å². The zero-order valence-corrected chi connectivity index (χ0v) is 18.7. The summed E-state index contributed by atoms with van der Waals surface area (Å²) in [5, 5.41) is 0.499. The lowest BCUT2D eigenvalue weighted by molar-refractivity contribution is -0.140. The summed E-state index contributed by atoms with van der Waals surface area (Å²) >= 11 is 9.44. The van der Waals surface area contributed by atoms with Gasteiger partial charge in [-0.05, 0) is 42.5 Å². The van der Waals surface area contributed by atoms with E-state index < -0.39 is 28.5 Å². The van der Waals surface area contributed by atoms with Crippen LogP contribution in [0, 0.1) is 10.8 Å². The van der Waals surface area contributed by atoms with Crippen LogP contribution in [-0.2, 0) is 4.79 Å². The molecule has 1 aliphatic heterocycles. The van der Waals surface area contributed by atoms with Gasteiger partial charge in [-0.1, -0.05) is 64.8 Å². The fourth-order valence-corrected chi connectivity index (χ4v) is 5.50. The number of carbonyl (C=O) groups is 3. The molecule has 1 aliphatic carbocycles. The highest BCUT2D eigenvalue weighted by atomic mass is 79.9. The van der Waals surface area contributed by atoms with E-state index in [1.165, 1.54) is 0 Å². The smallest absolute Gasteiger partial charge is 0.327 e. The summed E-state index contributed by atoms with van der Waals surface area (Å²) in [5.41, 5.74) is -1.49. The second kappa shape index (κ2) is 6.87. The highest BCUT2D eigenvalue weighted by molar-refractivity contribution is 9.10. The second-order valence-corrected chi connectivity index (χ2v) is 9.40. The normalized spacial score (nSPS) is 25.8. The van der Waals surface area contributed by atoms with Crippen molar-refractivity contribution in [2.45, 2.75) is 12.8 Å². The molecular formula is C25H16BrClO4. The summed E-state index contributed by atoms with van der Waals surface area (Å²) in [6, 6.07) is 20.3. The number of Topliss-reactive ketones (excluding diaryl/α,β-unsaturated/α-hetero) is 2. The van der Waals surface area contributed by atoms with Gasteiger partial charge in [0.15, 0.2) is 17.0 Å². The van der Waals surface area contributed by atoms with Crippen molar-refractivity contribution in [1.82, 2.24) is 0 Å². The Balaban J connectivity index is 1.73. The molecule has 4 nitrogen and oxygen atoms in total. The molecule has 1 heterocycles. The van der Waals surface area contributed by atoms with Crippen molar-refractivity contribution < 1.29 is 19.1 Å². The third kappa shape index (κ3) is 2.63. The van der Waals surface area contributed by atoms with Crippen molar-refractivity contribution in [2.75, 3.05) is 0 Å². The molecule has 0 amide bonds. The number of hydrogen-bond donors (Lipinski definition) is 0. The van der Waals surface area contributed by atoms with E-state index >= 15 is 0 Å². The standard InChI is InChI=1S/C25H16BrClO4/c1-24(21(28)15-7-10-17(27)11-8-15)20-18-13-16(26)9-12-19(18)31-23(30)25(20,24)22(29)14-5-3-2-4-6-14/h2-13,20H,1H3/t20-,24+,25+/m1/s1. The number of ether oxygens (including phenoxy) is 1. The molecule has 0 spiro atoms. The van der Waals surface area contributed by atoms with Crippen molar-refractivity contribution in [3.8, 4) is 5.75 Å². The van der Waals surface area contributed by atoms with Gasteiger partial charge in [-0.3, -0.25) is 14.4 Å². The van der Waals surface area contributed by atoms with Crippen molar-refractivity contribution in [3.05, 3.63) is 99.0 Å². The van der Waals surface area contributed by atoms with Gasteiger partial charge in [-0.2, -0.15) is 0 Å². The lowest BCUT2D eigenvalue weighted by atomic mass is 9.82. The summed E-state index contributed by atoms with van der Waals surface area (Å²) in [7, 11) is 0. The molecule has 0 aromatic heterocycles. The van der Waals surface area contributed by atoms with Crippen molar-refractivity contribution >= 4 is 45.1 Å². The van der Waals surface area contributed by atoms with E-state index in [0.717, 1.165) is 4.47 Å². The minimum absolute atomic E-state index is 0.289. The number of esters is 1. The summed E-state index contributed by atoms with van der Waals surface area (Å²) in [6.45, 7) is 1.69. The van der Waals surface area contributed by atoms with Gasteiger partial charge in [0.1, 0.15) is 5.75 Å². The fraction of sp³-hybridized carbons (Fsp3) is 0.160. The van der Waals surface area contributed by atoms with E-state index in [4.69, 9.17) is 16.3 Å². The number of halogens is 2. The molecule has 31 heavy (non-hydrogen) atoms. The molecule has 0 N–H and O–H groups in total. The predicted molar refractivity (Wildman–Crippen MR) is 120 cm³/mol. The Morgan fingerprint density at radius 1 is 0.935 bits per heavy atom. The topological polar surface area (TPSA) is 60.4 Å². The molecule has 154 valence electrons. The highest BCUT2D eigenvalue weighted by Gasteiger charge is 2.87. The summed E-state index contributed by atoms with van der Waals surface area (Å²) < 4.78 is 6.41. The minimum atomic E-state index is -1.63. The van der Waals surface area contributed by atoms with E-state index in [0.29, 0.717) is 27.5 Å². The lowest BCUT2D eigenvalue weighted by Gasteiger charge is -2.23. The first-order valence-corrected chi connectivity index (χ1v) is 10.9. The SMILES string of the molecule is C[C@@]1(C(=O)c2ccc(Cl)cc2)[C@H]2c3cc(Br)ccc3OC(=O)[C@@]21C(=O)c1ccccc1. The van der Waals surface area contributed by atoms with Crippen LogP contribution in [0.1, 0.15) is 39.1 Å². The number of hydrogen-bond acceptors (Lipinski definition) is 4. The molecule has 3 aromatic carbocycles. The predicted octanol–water partition coefficient (Wildman–Crippen LogP) is 5.88.